The Morgan fingerprint density at radius 1 is 1.18 bits per heavy atom. The minimum Gasteiger partial charge on any atom is -0.347 e. The fraction of sp³-hybridized carbons (Fsp3) is 0.214. The molecule has 0 fully saturated rings. The van der Waals surface area contributed by atoms with Crippen molar-refractivity contribution in [1.82, 2.24) is 19.7 Å². The van der Waals surface area contributed by atoms with Gasteiger partial charge in [0.1, 0.15) is 0 Å². The van der Waals surface area contributed by atoms with Crippen LogP contribution in [0.5, 0.6) is 0 Å². The third kappa shape index (κ3) is 2.47. The Morgan fingerprint density at radius 2 is 1.95 bits per heavy atom. The molecule has 0 saturated heterocycles. The number of alkyl halides is 3. The van der Waals surface area contributed by atoms with E-state index in [1.807, 2.05) is 30.7 Å². The van der Waals surface area contributed by atoms with Crippen molar-refractivity contribution in [3.63, 3.8) is 0 Å². The van der Waals surface area contributed by atoms with Crippen LogP contribution in [0.15, 0.2) is 35.0 Å². The van der Waals surface area contributed by atoms with Gasteiger partial charge < -0.3 is 9.09 Å². The highest BCUT2D eigenvalue weighted by Crippen LogP contribution is 2.30. The van der Waals surface area contributed by atoms with Crippen LogP contribution in [0.1, 0.15) is 11.6 Å². The van der Waals surface area contributed by atoms with E-state index in [0.717, 1.165) is 11.4 Å². The molecule has 22 heavy (non-hydrogen) atoms. The maximum absolute atomic E-state index is 12.5. The van der Waals surface area contributed by atoms with Gasteiger partial charge in [0.05, 0.1) is 11.4 Å². The summed E-state index contributed by atoms with van der Waals surface area (Å²) in [6.45, 7) is 1.95. The second-order valence-electron chi connectivity index (χ2n) is 4.77. The van der Waals surface area contributed by atoms with E-state index in [-0.39, 0.29) is 5.82 Å². The normalized spacial score (nSPS) is 11.9. The van der Waals surface area contributed by atoms with Crippen LogP contribution in [-0.4, -0.2) is 19.7 Å². The van der Waals surface area contributed by atoms with Gasteiger partial charge in [-0.2, -0.15) is 18.2 Å². The number of hydrogen-bond donors (Lipinski definition) is 0. The Hall–Kier alpha value is -2.64. The zero-order valence-corrected chi connectivity index (χ0v) is 11.7. The maximum Gasteiger partial charge on any atom is 0.471 e. The van der Waals surface area contributed by atoms with Crippen LogP contribution in [0.25, 0.3) is 22.8 Å². The van der Waals surface area contributed by atoms with E-state index in [9.17, 15) is 13.2 Å². The van der Waals surface area contributed by atoms with E-state index >= 15 is 0 Å². The molecule has 0 aliphatic carbocycles. The number of pyridine rings is 1. The second-order valence-corrected chi connectivity index (χ2v) is 4.77. The number of aryl methyl sites for hydroxylation is 1. The average molecular weight is 308 g/mol. The van der Waals surface area contributed by atoms with Crippen molar-refractivity contribution in [2.45, 2.75) is 13.1 Å². The van der Waals surface area contributed by atoms with Crippen LogP contribution < -0.4 is 0 Å². The number of rotatable bonds is 2. The molecule has 3 heterocycles. The standard InChI is InChI=1S/C14H11F3N4O/c1-8-3-4-11(21(8)2)10-7-9(5-6-18-10)12-19-13(22-20-12)14(15,16)17/h3-7H,1-2H3. The average Bonchev–Trinajstić information content (AvgIpc) is 3.07. The van der Waals surface area contributed by atoms with Crippen molar-refractivity contribution in [2.24, 2.45) is 7.05 Å². The summed E-state index contributed by atoms with van der Waals surface area (Å²) < 4.78 is 43.7. The molecular weight excluding hydrogens is 297 g/mol. The molecule has 114 valence electrons. The minimum absolute atomic E-state index is 0.123. The van der Waals surface area contributed by atoms with Crippen LogP contribution in [0.2, 0.25) is 0 Å². The van der Waals surface area contributed by atoms with Gasteiger partial charge >= 0.3 is 12.1 Å². The predicted molar refractivity (Wildman–Crippen MR) is 71.7 cm³/mol. The lowest BCUT2D eigenvalue weighted by molar-refractivity contribution is -0.159. The fourth-order valence-corrected chi connectivity index (χ4v) is 2.04. The Morgan fingerprint density at radius 3 is 2.55 bits per heavy atom. The molecule has 0 bridgehead atoms. The van der Waals surface area contributed by atoms with E-state index in [2.05, 4.69) is 19.6 Å². The summed E-state index contributed by atoms with van der Waals surface area (Å²) >= 11 is 0. The Balaban J connectivity index is 2.01. The summed E-state index contributed by atoms with van der Waals surface area (Å²) in [4.78, 5) is 7.61. The Kier molecular flexibility index (Phi) is 3.23. The third-order valence-electron chi connectivity index (χ3n) is 3.32. The summed E-state index contributed by atoms with van der Waals surface area (Å²) in [6, 6.07) is 6.97. The molecule has 0 spiro atoms. The molecule has 0 atom stereocenters. The SMILES string of the molecule is Cc1ccc(-c2cc(-c3noc(C(F)(F)F)n3)ccn2)n1C. The molecule has 0 N–H and O–H groups in total. The topological polar surface area (TPSA) is 56.7 Å². The first-order valence-electron chi connectivity index (χ1n) is 6.36. The van der Waals surface area contributed by atoms with Gasteiger partial charge in [-0.05, 0) is 31.2 Å². The number of nitrogens with zero attached hydrogens (tertiary/aromatic N) is 4. The molecule has 0 aromatic carbocycles. The van der Waals surface area contributed by atoms with E-state index in [1.54, 1.807) is 6.07 Å². The van der Waals surface area contributed by atoms with E-state index in [1.165, 1.54) is 12.3 Å². The molecule has 8 heteroatoms. The largest absolute Gasteiger partial charge is 0.471 e. The van der Waals surface area contributed by atoms with Gasteiger partial charge in [0.15, 0.2) is 0 Å². The first-order chi connectivity index (χ1) is 10.4. The highest BCUT2D eigenvalue weighted by molar-refractivity contribution is 5.65. The van der Waals surface area contributed by atoms with Crippen LogP contribution in [0, 0.1) is 6.92 Å². The van der Waals surface area contributed by atoms with Gasteiger partial charge in [-0.1, -0.05) is 5.16 Å². The van der Waals surface area contributed by atoms with Gasteiger partial charge in [-0.3, -0.25) is 4.98 Å². The van der Waals surface area contributed by atoms with Gasteiger partial charge in [-0.15, -0.1) is 0 Å². The Bertz CT molecular complexity index is 820. The Labute approximate surface area is 123 Å². The van der Waals surface area contributed by atoms with Crippen molar-refractivity contribution in [3.8, 4) is 22.8 Å². The lowest BCUT2D eigenvalue weighted by Gasteiger charge is -2.05. The molecule has 3 rings (SSSR count). The van der Waals surface area contributed by atoms with Gasteiger partial charge in [-0.25, -0.2) is 0 Å². The molecule has 5 nitrogen and oxygen atoms in total. The van der Waals surface area contributed by atoms with Crippen molar-refractivity contribution in [3.05, 3.63) is 42.0 Å². The highest BCUT2D eigenvalue weighted by Gasteiger charge is 2.38. The number of aromatic nitrogens is 4. The van der Waals surface area contributed by atoms with E-state index in [4.69, 9.17) is 0 Å². The zero-order chi connectivity index (χ0) is 15.9. The number of halogens is 3. The van der Waals surface area contributed by atoms with Crippen molar-refractivity contribution in [1.29, 1.82) is 0 Å². The molecule has 0 aliphatic heterocycles. The van der Waals surface area contributed by atoms with E-state index in [0.29, 0.717) is 11.3 Å². The van der Waals surface area contributed by atoms with Crippen LogP contribution in [-0.2, 0) is 13.2 Å². The lowest BCUT2D eigenvalue weighted by atomic mass is 10.2. The van der Waals surface area contributed by atoms with Gasteiger partial charge in [0.2, 0.25) is 5.82 Å². The third-order valence-corrected chi connectivity index (χ3v) is 3.32. The van der Waals surface area contributed by atoms with Crippen LogP contribution in [0.4, 0.5) is 13.2 Å². The summed E-state index contributed by atoms with van der Waals surface area (Å²) in [5.74, 6) is -1.49. The van der Waals surface area contributed by atoms with Crippen molar-refractivity contribution >= 4 is 0 Å². The lowest BCUT2D eigenvalue weighted by Crippen LogP contribution is -2.04. The summed E-state index contributed by atoms with van der Waals surface area (Å²) in [5.41, 5.74) is 2.91. The highest BCUT2D eigenvalue weighted by atomic mass is 19.4. The quantitative estimate of drug-likeness (QED) is 0.727. The minimum atomic E-state index is -4.66. The summed E-state index contributed by atoms with van der Waals surface area (Å²) in [6.07, 6.45) is -3.16. The molecule has 0 unspecified atom stereocenters. The zero-order valence-electron chi connectivity index (χ0n) is 11.7. The smallest absolute Gasteiger partial charge is 0.347 e. The molecule has 3 aromatic heterocycles. The van der Waals surface area contributed by atoms with Gasteiger partial charge in [0, 0.05) is 24.5 Å². The summed E-state index contributed by atoms with van der Waals surface area (Å²) in [7, 11) is 1.88. The molecule has 3 aromatic rings. The van der Waals surface area contributed by atoms with Crippen LogP contribution in [0.3, 0.4) is 0 Å². The maximum atomic E-state index is 12.5. The second kappa shape index (κ2) is 4.97. The fourth-order valence-electron chi connectivity index (χ4n) is 2.04. The van der Waals surface area contributed by atoms with Crippen molar-refractivity contribution < 1.29 is 17.7 Å². The van der Waals surface area contributed by atoms with Crippen LogP contribution >= 0.6 is 0 Å². The predicted octanol–water partition coefficient (Wildman–Crippen LogP) is 3.46. The van der Waals surface area contributed by atoms with E-state index < -0.39 is 12.1 Å². The van der Waals surface area contributed by atoms with Gasteiger partial charge in [0.25, 0.3) is 0 Å². The molecule has 0 saturated carbocycles. The molecular formula is C14H11F3N4O. The number of hydrogen-bond acceptors (Lipinski definition) is 4. The monoisotopic (exact) mass is 308 g/mol. The summed E-state index contributed by atoms with van der Waals surface area (Å²) in [5, 5.41) is 3.37. The molecule has 0 aliphatic rings. The molecule has 0 amide bonds. The molecule has 0 radical (unpaired) electrons. The first-order valence-corrected chi connectivity index (χ1v) is 6.36. The van der Waals surface area contributed by atoms with Crippen molar-refractivity contribution in [2.75, 3.05) is 0 Å². The first kappa shape index (κ1) is 14.3.